The lowest BCUT2D eigenvalue weighted by atomic mass is 9.74. The summed E-state index contributed by atoms with van der Waals surface area (Å²) in [4.78, 5) is 14.9. The van der Waals surface area contributed by atoms with Crippen LogP contribution in [-0.2, 0) is 11.2 Å². The van der Waals surface area contributed by atoms with E-state index < -0.39 is 6.10 Å². The first-order valence-corrected chi connectivity index (χ1v) is 10.7. The van der Waals surface area contributed by atoms with Crippen molar-refractivity contribution in [1.29, 1.82) is 0 Å². The Labute approximate surface area is 179 Å². The highest BCUT2D eigenvalue weighted by atomic mass is 35.5. The zero-order chi connectivity index (χ0) is 20.9. The second-order valence-electron chi connectivity index (χ2n) is 8.24. The normalized spacial score (nSPS) is 22.9. The van der Waals surface area contributed by atoms with Gasteiger partial charge in [0, 0.05) is 16.6 Å². The van der Waals surface area contributed by atoms with Crippen LogP contribution in [0.3, 0.4) is 0 Å². The predicted molar refractivity (Wildman–Crippen MR) is 119 cm³/mol. The van der Waals surface area contributed by atoms with Crippen LogP contribution < -0.4 is 10.1 Å². The molecule has 1 atom stereocenters. The average molecular weight is 415 g/mol. The van der Waals surface area contributed by atoms with Crippen molar-refractivity contribution in [3.05, 3.63) is 65.2 Å². The topological polar surface area (TPSA) is 41.6 Å². The number of carbonyl (C=O) groups excluding carboxylic acids is 1. The van der Waals surface area contributed by atoms with E-state index in [0.29, 0.717) is 5.75 Å². The van der Waals surface area contributed by atoms with Crippen molar-refractivity contribution in [2.75, 3.05) is 14.1 Å². The fourth-order valence-electron chi connectivity index (χ4n) is 4.15. The SMILES string of the molecule is CC(Oc1ccccc1)C(=O)NC1CCC(Cc2ccccc2Cl)(N(C)C)CC1. The monoisotopic (exact) mass is 414 g/mol. The van der Waals surface area contributed by atoms with Crippen molar-refractivity contribution in [2.24, 2.45) is 0 Å². The lowest BCUT2D eigenvalue weighted by molar-refractivity contribution is -0.128. The Morgan fingerprint density at radius 1 is 1.14 bits per heavy atom. The molecule has 0 aromatic heterocycles. The van der Waals surface area contributed by atoms with E-state index in [1.54, 1.807) is 6.92 Å². The zero-order valence-corrected chi connectivity index (χ0v) is 18.3. The molecule has 0 saturated heterocycles. The molecule has 0 radical (unpaired) electrons. The predicted octanol–water partition coefficient (Wildman–Crippen LogP) is 4.71. The van der Waals surface area contributed by atoms with Crippen molar-refractivity contribution in [3.8, 4) is 5.75 Å². The van der Waals surface area contributed by atoms with E-state index in [1.807, 2.05) is 48.5 Å². The minimum absolute atomic E-state index is 0.0534. The number of hydrogen-bond donors (Lipinski definition) is 1. The molecule has 5 heteroatoms. The van der Waals surface area contributed by atoms with Crippen LogP contribution in [0.5, 0.6) is 5.75 Å². The van der Waals surface area contributed by atoms with Gasteiger partial charge in [-0.15, -0.1) is 0 Å². The Kier molecular flexibility index (Phi) is 7.20. The Bertz CT molecular complexity index is 802. The maximum atomic E-state index is 12.6. The number of rotatable bonds is 7. The summed E-state index contributed by atoms with van der Waals surface area (Å²) in [7, 11) is 4.29. The second kappa shape index (κ2) is 9.64. The Hall–Kier alpha value is -2.04. The van der Waals surface area contributed by atoms with E-state index in [1.165, 1.54) is 5.56 Å². The third-order valence-corrected chi connectivity index (χ3v) is 6.48. The van der Waals surface area contributed by atoms with Crippen LogP contribution in [0.25, 0.3) is 0 Å². The number of halogens is 1. The second-order valence-corrected chi connectivity index (χ2v) is 8.65. The molecule has 1 amide bonds. The van der Waals surface area contributed by atoms with E-state index in [0.717, 1.165) is 37.1 Å². The van der Waals surface area contributed by atoms with E-state index in [9.17, 15) is 4.79 Å². The van der Waals surface area contributed by atoms with E-state index >= 15 is 0 Å². The van der Waals surface area contributed by atoms with Crippen LogP contribution >= 0.6 is 11.6 Å². The highest BCUT2D eigenvalue weighted by Crippen LogP contribution is 2.36. The standard InChI is InChI=1S/C24H31ClN2O2/c1-18(29-21-10-5-4-6-11-21)23(28)26-20-13-15-24(16-14-20,27(2)3)17-19-9-7-8-12-22(19)25/h4-12,18,20H,13-17H2,1-3H3,(H,26,28). The highest BCUT2D eigenvalue weighted by molar-refractivity contribution is 6.31. The summed E-state index contributed by atoms with van der Waals surface area (Å²) in [6, 6.07) is 17.7. The van der Waals surface area contributed by atoms with E-state index in [-0.39, 0.29) is 17.5 Å². The van der Waals surface area contributed by atoms with Gasteiger partial charge in [-0.1, -0.05) is 48.0 Å². The van der Waals surface area contributed by atoms with E-state index in [2.05, 4.69) is 30.4 Å². The third kappa shape index (κ3) is 5.52. The van der Waals surface area contributed by atoms with Gasteiger partial charge in [0.15, 0.2) is 6.10 Å². The van der Waals surface area contributed by atoms with Crippen LogP contribution in [0, 0.1) is 0 Å². The minimum Gasteiger partial charge on any atom is -0.481 e. The number of para-hydroxylation sites is 1. The number of benzene rings is 2. The number of amides is 1. The van der Waals surface area contributed by atoms with Gasteiger partial charge in [-0.25, -0.2) is 0 Å². The fourth-order valence-corrected chi connectivity index (χ4v) is 4.36. The quantitative estimate of drug-likeness (QED) is 0.713. The Morgan fingerprint density at radius 3 is 2.38 bits per heavy atom. The Morgan fingerprint density at radius 2 is 1.76 bits per heavy atom. The lowest BCUT2D eigenvalue weighted by Gasteiger charge is -2.45. The largest absolute Gasteiger partial charge is 0.481 e. The first-order valence-electron chi connectivity index (χ1n) is 10.3. The molecule has 4 nitrogen and oxygen atoms in total. The van der Waals surface area contributed by atoms with E-state index in [4.69, 9.17) is 16.3 Å². The number of hydrogen-bond acceptors (Lipinski definition) is 3. The summed E-state index contributed by atoms with van der Waals surface area (Å²) in [5, 5.41) is 4.01. The van der Waals surface area contributed by atoms with Crippen molar-refractivity contribution < 1.29 is 9.53 Å². The van der Waals surface area contributed by atoms with Gasteiger partial charge in [0.05, 0.1) is 0 Å². The number of carbonyl (C=O) groups is 1. The number of nitrogens with zero attached hydrogens (tertiary/aromatic N) is 1. The maximum Gasteiger partial charge on any atom is 0.260 e. The van der Waals surface area contributed by atoms with Gasteiger partial charge in [0.2, 0.25) is 0 Å². The molecule has 2 aromatic carbocycles. The first kappa shape index (κ1) is 21.7. The molecule has 1 fully saturated rings. The van der Waals surface area contributed by atoms with Crippen molar-refractivity contribution in [1.82, 2.24) is 10.2 Å². The molecule has 0 bridgehead atoms. The minimum atomic E-state index is -0.513. The van der Waals surface area contributed by atoms with Gasteiger partial charge in [0.1, 0.15) is 5.75 Å². The van der Waals surface area contributed by atoms with Crippen molar-refractivity contribution >= 4 is 17.5 Å². The summed E-state index contributed by atoms with van der Waals surface area (Å²) in [5.41, 5.74) is 1.26. The summed E-state index contributed by atoms with van der Waals surface area (Å²) in [6.45, 7) is 1.80. The molecule has 1 unspecified atom stereocenters. The smallest absolute Gasteiger partial charge is 0.260 e. The van der Waals surface area contributed by atoms with Crippen LogP contribution in [0.2, 0.25) is 5.02 Å². The number of likely N-dealkylation sites (N-methyl/N-ethyl adjacent to an activating group) is 1. The maximum absolute atomic E-state index is 12.6. The van der Waals surface area contributed by atoms with Gasteiger partial charge < -0.3 is 15.0 Å². The summed E-state index contributed by atoms with van der Waals surface area (Å²) in [5.74, 6) is 0.660. The summed E-state index contributed by atoms with van der Waals surface area (Å²) >= 11 is 6.42. The molecular weight excluding hydrogens is 384 g/mol. The molecule has 1 N–H and O–H groups in total. The van der Waals surface area contributed by atoms with Crippen LogP contribution in [0.4, 0.5) is 0 Å². The third-order valence-electron chi connectivity index (χ3n) is 6.11. The summed E-state index contributed by atoms with van der Waals surface area (Å²) < 4.78 is 5.75. The zero-order valence-electron chi connectivity index (χ0n) is 17.5. The Balaban J connectivity index is 1.56. The first-order chi connectivity index (χ1) is 13.9. The number of ether oxygens (including phenoxy) is 1. The molecule has 2 aromatic rings. The highest BCUT2D eigenvalue weighted by Gasteiger charge is 2.38. The van der Waals surface area contributed by atoms with Gasteiger partial charge >= 0.3 is 0 Å². The van der Waals surface area contributed by atoms with Gasteiger partial charge in [-0.3, -0.25) is 4.79 Å². The molecule has 0 aliphatic heterocycles. The molecule has 3 rings (SSSR count). The molecule has 1 aliphatic carbocycles. The molecule has 1 saturated carbocycles. The molecule has 0 spiro atoms. The van der Waals surface area contributed by atoms with Gasteiger partial charge in [-0.2, -0.15) is 0 Å². The van der Waals surface area contributed by atoms with Gasteiger partial charge in [-0.05, 0) is 76.9 Å². The van der Waals surface area contributed by atoms with Crippen LogP contribution in [0.1, 0.15) is 38.2 Å². The van der Waals surface area contributed by atoms with Crippen LogP contribution in [-0.4, -0.2) is 42.6 Å². The average Bonchev–Trinajstić information content (AvgIpc) is 2.72. The molecule has 0 heterocycles. The molecular formula is C24H31ClN2O2. The van der Waals surface area contributed by atoms with Crippen LogP contribution in [0.15, 0.2) is 54.6 Å². The van der Waals surface area contributed by atoms with Gasteiger partial charge in [0.25, 0.3) is 5.91 Å². The lowest BCUT2D eigenvalue weighted by Crippen LogP contribution is -2.53. The molecule has 29 heavy (non-hydrogen) atoms. The molecule has 156 valence electrons. The summed E-state index contributed by atoms with van der Waals surface area (Å²) in [6.07, 6.45) is 4.35. The van der Waals surface area contributed by atoms with Crippen molar-refractivity contribution in [3.63, 3.8) is 0 Å². The molecule has 1 aliphatic rings. The van der Waals surface area contributed by atoms with Crippen molar-refractivity contribution in [2.45, 2.75) is 56.7 Å². The fraction of sp³-hybridized carbons (Fsp3) is 0.458. The number of nitrogens with one attached hydrogen (secondary N) is 1.